The maximum absolute atomic E-state index is 13.1. The van der Waals surface area contributed by atoms with Gasteiger partial charge >= 0.3 is 6.18 Å². The Bertz CT molecular complexity index is 527. The lowest BCUT2D eigenvalue weighted by atomic mass is 9.90. The van der Waals surface area contributed by atoms with Crippen molar-refractivity contribution in [1.29, 1.82) is 0 Å². The maximum Gasteiger partial charge on any atom is 0.419 e. The second kappa shape index (κ2) is 6.01. The lowest BCUT2D eigenvalue weighted by Gasteiger charge is -2.34. The van der Waals surface area contributed by atoms with Crippen molar-refractivity contribution in [1.82, 2.24) is 0 Å². The van der Waals surface area contributed by atoms with Gasteiger partial charge < -0.3 is 9.47 Å². The van der Waals surface area contributed by atoms with Crippen molar-refractivity contribution in [3.05, 3.63) is 29.6 Å². The molecule has 0 radical (unpaired) electrons. The monoisotopic (exact) mass is 306 g/mol. The van der Waals surface area contributed by atoms with Gasteiger partial charge in [0.2, 0.25) is 0 Å². The van der Waals surface area contributed by atoms with Gasteiger partial charge in [0, 0.05) is 13.0 Å². The van der Waals surface area contributed by atoms with E-state index in [9.17, 15) is 22.4 Å². The van der Waals surface area contributed by atoms with Gasteiger partial charge in [0.25, 0.3) is 0 Å². The van der Waals surface area contributed by atoms with E-state index < -0.39 is 29.8 Å². The highest BCUT2D eigenvalue weighted by Crippen LogP contribution is 2.35. The molecule has 0 bridgehead atoms. The molecule has 3 nitrogen and oxygen atoms in total. The molecule has 1 fully saturated rings. The van der Waals surface area contributed by atoms with Gasteiger partial charge in [-0.15, -0.1) is 0 Å². The van der Waals surface area contributed by atoms with Crippen LogP contribution >= 0.6 is 0 Å². The van der Waals surface area contributed by atoms with E-state index in [0.29, 0.717) is 25.2 Å². The molecule has 2 atom stereocenters. The van der Waals surface area contributed by atoms with Crippen LogP contribution in [0.4, 0.5) is 17.6 Å². The third kappa shape index (κ3) is 3.53. The number of alkyl halides is 3. The van der Waals surface area contributed by atoms with Crippen molar-refractivity contribution >= 4 is 5.78 Å². The predicted molar refractivity (Wildman–Crippen MR) is 65.5 cm³/mol. The van der Waals surface area contributed by atoms with Gasteiger partial charge in [-0.05, 0) is 24.6 Å². The Morgan fingerprint density at radius 3 is 2.62 bits per heavy atom. The Morgan fingerprint density at radius 2 is 2.05 bits per heavy atom. The summed E-state index contributed by atoms with van der Waals surface area (Å²) in [6.45, 7) is 2.24. The predicted octanol–water partition coefficient (Wildman–Crippen LogP) is 3.36. The molecule has 0 amide bonds. The lowest BCUT2D eigenvalue weighted by Crippen LogP contribution is -2.52. The minimum atomic E-state index is -4.79. The number of hydrogen-bond acceptors (Lipinski definition) is 3. The number of benzene rings is 1. The lowest BCUT2D eigenvalue weighted by molar-refractivity contribution is -0.155. The summed E-state index contributed by atoms with van der Waals surface area (Å²) in [4.78, 5) is 11.4. The van der Waals surface area contributed by atoms with Crippen LogP contribution in [0.15, 0.2) is 18.2 Å². The molecule has 0 spiro atoms. The Kier molecular flexibility index (Phi) is 4.51. The molecule has 2 rings (SSSR count). The van der Waals surface area contributed by atoms with Gasteiger partial charge in [0.15, 0.2) is 11.9 Å². The molecule has 1 aliphatic rings. The number of ketones is 1. The first-order valence-corrected chi connectivity index (χ1v) is 6.50. The highest BCUT2D eigenvalue weighted by molar-refractivity contribution is 5.90. The van der Waals surface area contributed by atoms with E-state index in [1.54, 1.807) is 0 Å². The molecular weight excluding hydrogens is 292 g/mol. The van der Waals surface area contributed by atoms with E-state index >= 15 is 0 Å². The second-order valence-corrected chi connectivity index (χ2v) is 4.76. The highest BCUT2D eigenvalue weighted by atomic mass is 19.4. The summed E-state index contributed by atoms with van der Waals surface area (Å²) in [5, 5.41) is 0. The summed E-state index contributed by atoms with van der Waals surface area (Å²) in [6, 6.07) is 2.39. The summed E-state index contributed by atoms with van der Waals surface area (Å²) in [5.74, 6) is -1.64. The smallest absolute Gasteiger partial charge is 0.419 e. The summed E-state index contributed by atoms with van der Waals surface area (Å²) in [6.07, 6.45) is -5.39. The molecule has 0 aliphatic heterocycles. The van der Waals surface area contributed by atoms with Crippen molar-refractivity contribution in [2.45, 2.75) is 38.1 Å². The zero-order chi connectivity index (χ0) is 15.6. The van der Waals surface area contributed by atoms with E-state index in [1.165, 1.54) is 0 Å². The van der Waals surface area contributed by atoms with E-state index in [1.807, 2.05) is 6.92 Å². The Balaban J connectivity index is 2.08. The molecular formula is C14H14F4O3. The fraction of sp³-hybridized carbons (Fsp3) is 0.500. The molecule has 0 N–H and O–H groups in total. The third-order valence-corrected chi connectivity index (χ3v) is 3.09. The van der Waals surface area contributed by atoms with Crippen molar-refractivity contribution in [3.8, 4) is 5.75 Å². The molecule has 0 heterocycles. The van der Waals surface area contributed by atoms with Crippen molar-refractivity contribution in [3.63, 3.8) is 0 Å². The summed E-state index contributed by atoms with van der Waals surface area (Å²) in [5.41, 5.74) is -1.39. The fourth-order valence-corrected chi connectivity index (χ4v) is 1.99. The van der Waals surface area contributed by atoms with Crippen molar-refractivity contribution in [2.75, 3.05) is 6.61 Å². The van der Waals surface area contributed by atoms with Gasteiger partial charge in [-0.1, -0.05) is 6.92 Å². The topological polar surface area (TPSA) is 35.5 Å². The van der Waals surface area contributed by atoms with Crippen LogP contribution in [0, 0.1) is 5.82 Å². The maximum atomic E-state index is 13.1. The quantitative estimate of drug-likeness (QED) is 0.783. The molecule has 1 aromatic carbocycles. The largest absolute Gasteiger partial charge is 0.487 e. The van der Waals surface area contributed by atoms with Crippen molar-refractivity contribution in [2.24, 2.45) is 0 Å². The number of halogens is 4. The number of carbonyl (C=O) groups is 1. The Labute approximate surface area is 118 Å². The molecule has 21 heavy (non-hydrogen) atoms. The first-order valence-electron chi connectivity index (χ1n) is 6.50. The average Bonchev–Trinajstić information content (AvgIpc) is 2.39. The first kappa shape index (κ1) is 15.8. The molecule has 1 aliphatic carbocycles. The average molecular weight is 306 g/mol. The number of rotatable bonds is 5. The summed E-state index contributed by atoms with van der Waals surface area (Å²) in [7, 11) is 0. The van der Waals surface area contributed by atoms with Gasteiger partial charge in [0.05, 0.1) is 5.56 Å². The first-order chi connectivity index (χ1) is 9.82. The highest BCUT2D eigenvalue weighted by Gasteiger charge is 2.43. The van der Waals surface area contributed by atoms with E-state index in [0.717, 1.165) is 6.07 Å². The zero-order valence-corrected chi connectivity index (χ0v) is 11.2. The van der Waals surface area contributed by atoms with E-state index in [-0.39, 0.29) is 18.0 Å². The minimum absolute atomic E-state index is 0.0765. The van der Waals surface area contributed by atoms with Gasteiger partial charge in [-0.2, -0.15) is 13.2 Å². The van der Waals surface area contributed by atoms with Gasteiger partial charge in [-0.3, -0.25) is 4.79 Å². The Morgan fingerprint density at radius 1 is 1.33 bits per heavy atom. The summed E-state index contributed by atoms with van der Waals surface area (Å²) < 4.78 is 61.5. The second-order valence-electron chi connectivity index (χ2n) is 4.76. The van der Waals surface area contributed by atoms with Crippen LogP contribution < -0.4 is 4.74 Å². The van der Waals surface area contributed by atoms with E-state index in [4.69, 9.17) is 9.47 Å². The SMILES string of the molecule is CCCOC1C(=O)CC1Oc1ccc(F)c(C(F)(F)F)c1. The molecule has 0 aromatic heterocycles. The van der Waals surface area contributed by atoms with Crippen LogP contribution in [0.5, 0.6) is 5.75 Å². The van der Waals surface area contributed by atoms with Crippen molar-refractivity contribution < 1.29 is 31.8 Å². The van der Waals surface area contributed by atoms with Crippen LogP contribution in [0.3, 0.4) is 0 Å². The standard InChI is InChI=1S/C14H14F4O3/c1-2-5-20-13-11(19)7-12(13)21-8-3-4-10(15)9(6-8)14(16,17)18/h3-4,6,12-13H,2,5,7H2,1H3. The molecule has 1 saturated carbocycles. The van der Waals surface area contributed by atoms with Crippen LogP contribution in [0.1, 0.15) is 25.3 Å². The molecule has 1 aromatic rings. The van der Waals surface area contributed by atoms with Crippen LogP contribution in [0.25, 0.3) is 0 Å². The van der Waals surface area contributed by atoms with Crippen LogP contribution in [0.2, 0.25) is 0 Å². The zero-order valence-electron chi connectivity index (χ0n) is 11.2. The fourth-order valence-electron chi connectivity index (χ4n) is 1.99. The molecule has 0 saturated heterocycles. The molecule has 7 heteroatoms. The summed E-state index contributed by atoms with van der Waals surface area (Å²) >= 11 is 0. The molecule has 2 unspecified atom stereocenters. The number of hydrogen-bond donors (Lipinski definition) is 0. The number of ether oxygens (including phenoxy) is 2. The molecule has 116 valence electrons. The minimum Gasteiger partial charge on any atom is -0.487 e. The normalized spacial score (nSPS) is 22.0. The van der Waals surface area contributed by atoms with Crippen LogP contribution in [-0.2, 0) is 15.7 Å². The number of Topliss-reactive ketones (excluding diaryl/α,β-unsaturated/α-hetero) is 1. The van der Waals surface area contributed by atoms with E-state index in [2.05, 4.69) is 0 Å². The van der Waals surface area contributed by atoms with Gasteiger partial charge in [-0.25, -0.2) is 4.39 Å². The van der Waals surface area contributed by atoms with Crippen LogP contribution in [-0.4, -0.2) is 24.6 Å². The van der Waals surface area contributed by atoms with Gasteiger partial charge in [0.1, 0.15) is 17.7 Å². The Hall–Kier alpha value is -1.63. The third-order valence-electron chi connectivity index (χ3n) is 3.09. The number of carbonyl (C=O) groups excluding carboxylic acids is 1.